The van der Waals surface area contributed by atoms with Crippen molar-refractivity contribution in [2.24, 2.45) is 0 Å². The largest absolute Gasteiger partial charge is 0.409 e. The van der Waals surface area contributed by atoms with E-state index in [2.05, 4.69) is 63.2 Å². The molecule has 0 amide bonds. The van der Waals surface area contributed by atoms with Gasteiger partial charge in [-0.3, -0.25) is 4.48 Å². The molecule has 0 atom stereocenters. The Bertz CT molecular complexity index is 431. The lowest BCUT2D eigenvalue weighted by Crippen LogP contribution is -2.34. The van der Waals surface area contributed by atoms with E-state index in [4.69, 9.17) is 12.3 Å². The van der Waals surface area contributed by atoms with Crippen LogP contribution in [0.25, 0.3) is 0 Å². The number of nitrogens with zero attached hydrogens (tertiary/aromatic N) is 1. The highest BCUT2D eigenvalue weighted by Gasteiger charge is 2.08. The van der Waals surface area contributed by atoms with Crippen LogP contribution in [-0.2, 0) is 12.3 Å². The molecule has 0 aliphatic rings. The maximum absolute atomic E-state index is 8.89. The number of rotatable bonds is 1. The highest BCUT2D eigenvalue weighted by molar-refractivity contribution is 14.2. The Kier molecular flexibility index (Phi) is 13.0. The van der Waals surface area contributed by atoms with Gasteiger partial charge in [0.15, 0.2) is 0 Å². The smallest absolute Gasteiger partial charge is 0.298 e. The molecule has 9 heteroatoms. The number of halogens is 4. The van der Waals surface area contributed by atoms with Gasteiger partial charge in [-0.2, -0.15) is 0 Å². The van der Waals surface area contributed by atoms with Gasteiger partial charge >= 0.3 is 37.3 Å². The summed E-state index contributed by atoms with van der Waals surface area (Å²) in [6, 6.07) is 10.5. The van der Waals surface area contributed by atoms with Crippen LogP contribution in [0.3, 0.4) is 0 Å². The Balaban J connectivity index is 0. The van der Waals surface area contributed by atoms with E-state index in [0.29, 0.717) is 0 Å². The highest BCUT2D eigenvalue weighted by Crippen LogP contribution is 2.14. The maximum atomic E-state index is 8.89. The lowest BCUT2D eigenvalue weighted by atomic mass is 10.3. The van der Waals surface area contributed by atoms with E-state index in [-0.39, 0.29) is 0 Å². The second kappa shape index (κ2) is 11.3. The molecule has 0 unspecified atom stereocenters. The normalized spacial score (nSPS) is 10.2. The molecule has 1 aromatic carbocycles. The Hall–Kier alpha value is 0.420. The summed E-state index contributed by atoms with van der Waals surface area (Å²) in [6.07, 6.45) is 0. The minimum Gasteiger partial charge on any atom is -0.298 e. The van der Waals surface area contributed by atoms with Gasteiger partial charge in [0, 0.05) is 17.8 Å². The fraction of sp³-hybridized carbons (Fsp3) is 0.333. The molecule has 1 aromatic rings. The molecule has 0 saturated carbocycles. The maximum Gasteiger partial charge on any atom is 0.409 e. The van der Waals surface area contributed by atoms with Gasteiger partial charge in [0.05, 0.1) is 21.1 Å². The quantitative estimate of drug-likeness (QED) is 0.399. The number of benzene rings is 1. The topological polar surface area (TPSA) is 68.3 Å². The van der Waals surface area contributed by atoms with E-state index < -0.39 is 37.3 Å². The number of hydrogen-bond acceptors (Lipinski definition) is 4. The first-order chi connectivity index (χ1) is 8.07. The van der Waals surface area contributed by atoms with Crippen LogP contribution in [-0.4, -0.2) is 21.1 Å². The van der Waals surface area contributed by atoms with Crippen molar-refractivity contribution in [1.29, 1.82) is 0 Å². The summed E-state index contributed by atoms with van der Waals surface area (Å²) in [4.78, 5) is 0. The summed E-state index contributed by atoms with van der Waals surface area (Å²) in [5.74, 6) is 0. The second-order valence-corrected chi connectivity index (χ2v) is 8.89. The number of para-hydroxylation sites is 1. The van der Waals surface area contributed by atoms with Crippen LogP contribution in [0.4, 0.5) is 5.69 Å². The van der Waals surface area contributed by atoms with Gasteiger partial charge < -0.3 is 0 Å². The molecular formula is C9H14Cl2I2NO4+. The first kappa shape index (κ1) is 20.7. The summed E-state index contributed by atoms with van der Waals surface area (Å²) in [5.41, 5.74) is 1.34. The first-order valence-electron chi connectivity index (χ1n) is 4.38. The fourth-order valence-electron chi connectivity index (χ4n) is 0.875. The zero-order chi connectivity index (χ0) is 14.8. The highest BCUT2D eigenvalue weighted by atomic mass is 127. The molecule has 0 spiro atoms. The van der Waals surface area contributed by atoms with Crippen LogP contribution in [0.2, 0.25) is 0 Å². The summed E-state index contributed by atoms with van der Waals surface area (Å²) >= 11 is -6.58. The average Bonchev–Trinajstić information content (AvgIpc) is 2.16. The van der Waals surface area contributed by atoms with E-state index in [9.17, 15) is 0 Å². The van der Waals surface area contributed by atoms with Gasteiger partial charge in [0.2, 0.25) is 0 Å². The molecule has 0 heterocycles. The fourth-order valence-corrected chi connectivity index (χ4v) is 0.875. The molecule has 0 fully saturated rings. The predicted molar refractivity (Wildman–Crippen MR) is 88.5 cm³/mol. The number of quaternary nitrogens is 1. The summed E-state index contributed by atoms with van der Waals surface area (Å²) in [6.45, 7) is 0. The number of hydrogen-bond donors (Lipinski definition) is 0. The van der Waals surface area contributed by atoms with Crippen LogP contribution >= 0.6 is 55.1 Å². The van der Waals surface area contributed by atoms with Gasteiger partial charge in [0.1, 0.15) is 5.69 Å². The van der Waals surface area contributed by atoms with Crippen molar-refractivity contribution in [1.82, 2.24) is 4.48 Å². The van der Waals surface area contributed by atoms with Crippen molar-refractivity contribution >= 4 is 60.8 Å². The molecule has 0 aliphatic carbocycles. The third kappa shape index (κ3) is 18.8. The molecule has 0 aliphatic heterocycles. The van der Waals surface area contributed by atoms with Crippen molar-refractivity contribution in [2.75, 3.05) is 21.1 Å². The van der Waals surface area contributed by atoms with E-state index in [1.165, 1.54) is 5.69 Å². The van der Waals surface area contributed by atoms with Crippen LogP contribution in [0, 0.1) is 0 Å². The van der Waals surface area contributed by atoms with E-state index in [1.807, 2.05) is 6.07 Å². The second-order valence-electron chi connectivity index (χ2n) is 3.71. The SMILES string of the molecule is C[N+](C)(C)c1ccccc1.O=I(=O)Cl.O=I(=O)Cl. The first-order valence-corrected chi connectivity index (χ1v) is 13.4. The van der Waals surface area contributed by atoms with E-state index >= 15 is 0 Å². The van der Waals surface area contributed by atoms with Crippen LogP contribution in [0.5, 0.6) is 0 Å². The lowest BCUT2D eigenvalue weighted by molar-refractivity contribution is 0.486. The van der Waals surface area contributed by atoms with Crippen molar-refractivity contribution < 1.29 is 12.3 Å². The molecule has 0 saturated heterocycles. The molecule has 0 N–H and O–H groups in total. The molecule has 1 rings (SSSR count). The van der Waals surface area contributed by atoms with E-state index in [0.717, 1.165) is 4.48 Å². The summed E-state index contributed by atoms with van der Waals surface area (Å²) < 4.78 is 36.5. The average molecular weight is 525 g/mol. The van der Waals surface area contributed by atoms with Gasteiger partial charge in [-0.15, -0.1) is 0 Å². The van der Waals surface area contributed by atoms with Crippen LogP contribution < -0.4 is 4.48 Å². The standard InChI is InChI=1S/C9H14N.2ClIO2/c1-10(2,3)9-7-5-4-6-8-9;2*1-2(3)4/h4-8H,1-3H3;;/q+1;;. The zero-order valence-electron chi connectivity index (χ0n) is 9.98. The molecular weight excluding hydrogens is 511 g/mol. The minimum absolute atomic E-state index is 0.890. The van der Waals surface area contributed by atoms with Crippen LogP contribution in [0.1, 0.15) is 0 Å². The lowest BCUT2D eigenvalue weighted by Gasteiger charge is -2.22. The monoisotopic (exact) mass is 524 g/mol. The van der Waals surface area contributed by atoms with Crippen molar-refractivity contribution in [3.63, 3.8) is 0 Å². The molecule has 106 valence electrons. The third-order valence-electron chi connectivity index (χ3n) is 1.53. The summed E-state index contributed by atoms with van der Waals surface area (Å²) in [5, 5.41) is 0. The van der Waals surface area contributed by atoms with Gasteiger partial charge in [0.25, 0.3) is 0 Å². The Morgan fingerprint density at radius 1 is 0.833 bits per heavy atom. The molecule has 18 heavy (non-hydrogen) atoms. The van der Waals surface area contributed by atoms with E-state index in [1.54, 1.807) is 0 Å². The van der Waals surface area contributed by atoms with Gasteiger partial charge in [-0.25, -0.2) is 12.3 Å². The van der Waals surface area contributed by atoms with Gasteiger partial charge in [-0.05, 0) is 12.1 Å². The van der Waals surface area contributed by atoms with Gasteiger partial charge in [-0.1, -0.05) is 18.2 Å². The molecule has 0 radical (unpaired) electrons. The Labute approximate surface area is 128 Å². The third-order valence-corrected chi connectivity index (χ3v) is 1.53. The minimum atomic E-state index is -3.29. The van der Waals surface area contributed by atoms with Crippen molar-refractivity contribution in [3.05, 3.63) is 30.3 Å². The zero-order valence-corrected chi connectivity index (χ0v) is 15.8. The molecule has 0 bridgehead atoms. The molecule has 5 nitrogen and oxygen atoms in total. The van der Waals surface area contributed by atoms with Crippen molar-refractivity contribution in [3.8, 4) is 0 Å². The Morgan fingerprint density at radius 3 is 1.28 bits per heavy atom. The molecule has 0 aromatic heterocycles. The van der Waals surface area contributed by atoms with Crippen molar-refractivity contribution in [2.45, 2.75) is 0 Å². The van der Waals surface area contributed by atoms with Crippen LogP contribution in [0.15, 0.2) is 30.3 Å². The summed E-state index contributed by atoms with van der Waals surface area (Å²) in [7, 11) is 15.1. The Morgan fingerprint density at radius 2 is 1.11 bits per heavy atom. The predicted octanol–water partition coefficient (Wildman–Crippen LogP) is 4.56.